The van der Waals surface area contributed by atoms with E-state index in [0.29, 0.717) is 18.1 Å². The van der Waals surface area contributed by atoms with E-state index < -0.39 is 0 Å². The van der Waals surface area contributed by atoms with Crippen molar-refractivity contribution in [1.29, 1.82) is 0 Å². The molecule has 2 fully saturated rings. The zero-order valence-corrected chi connectivity index (χ0v) is 7.08. The van der Waals surface area contributed by atoms with Crippen LogP contribution in [-0.4, -0.2) is 17.9 Å². The number of carbonyl (C=O) groups is 2. The molecule has 3 nitrogen and oxygen atoms in total. The number of Topliss-reactive ketones (excluding diaryl/α,β-unsaturated/α-hetero) is 1. The molecular weight excluding hydrogens is 156 g/mol. The molecule has 0 aromatic heterocycles. The van der Waals surface area contributed by atoms with Crippen LogP contribution in [0.2, 0.25) is 0 Å². The van der Waals surface area contributed by atoms with Gasteiger partial charge in [-0.05, 0) is 12.8 Å². The van der Waals surface area contributed by atoms with Crippen molar-refractivity contribution in [2.24, 2.45) is 11.8 Å². The lowest BCUT2D eigenvalue weighted by atomic mass is 9.96. The standard InChI is InChI=1S/C9H12O3/c1-5(10)12-9-4-6-2-7(9)3-8(6)11/h6-7,9H,2-4H2,1H3. The minimum absolute atomic E-state index is 0.0326. The van der Waals surface area contributed by atoms with Crippen molar-refractivity contribution in [3.8, 4) is 0 Å². The maximum atomic E-state index is 11.1. The fourth-order valence-corrected chi connectivity index (χ4v) is 2.35. The summed E-state index contributed by atoms with van der Waals surface area (Å²) < 4.78 is 5.10. The highest BCUT2D eigenvalue weighted by Gasteiger charge is 2.46. The van der Waals surface area contributed by atoms with E-state index in [1.54, 1.807) is 0 Å². The molecule has 0 N–H and O–H groups in total. The van der Waals surface area contributed by atoms with Crippen molar-refractivity contribution in [2.45, 2.75) is 32.3 Å². The van der Waals surface area contributed by atoms with E-state index in [1.165, 1.54) is 6.92 Å². The number of hydrogen-bond donors (Lipinski definition) is 0. The smallest absolute Gasteiger partial charge is 0.302 e. The Hall–Kier alpha value is -0.860. The van der Waals surface area contributed by atoms with Gasteiger partial charge in [0.1, 0.15) is 11.9 Å². The van der Waals surface area contributed by atoms with Crippen LogP contribution < -0.4 is 0 Å². The third-order valence-electron chi connectivity index (χ3n) is 2.87. The Balaban J connectivity index is 1.98. The van der Waals surface area contributed by atoms with Gasteiger partial charge in [-0.25, -0.2) is 0 Å². The van der Waals surface area contributed by atoms with Crippen LogP contribution in [0.5, 0.6) is 0 Å². The average molecular weight is 168 g/mol. The van der Waals surface area contributed by atoms with Crippen LogP contribution in [0.15, 0.2) is 0 Å². The number of carbonyl (C=O) groups excluding carboxylic acids is 2. The third-order valence-corrected chi connectivity index (χ3v) is 2.87. The van der Waals surface area contributed by atoms with Crippen LogP contribution >= 0.6 is 0 Å². The molecule has 0 spiro atoms. The van der Waals surface area contributed by atoms with Crippen molar-refractivity contribution in [2.75, 3.05) is 0 Å². The van der Waals surface area contributed by atoms with Gasteiger partial charge >= 0.3 is 5.97 Å². The normalized spacial score (nSPS) is 38.8. The highest BCUT2D eigenvalue weighted by Crippen LogP contribution is 2.43. The van der Waals surface area contributed by atoms with Crippen molar-refractivity contribution in [3.05, 3.63) is 0 Å². The maximum absolute atomic E-state index is 11.1. The van der Waals surface area contributed by atoms with E-state index in [2.05, 4.69) is 0 Å². The molecule has 12 heavy (non-hydrogen) atoms. The molecule has 0 radical (unpaired) electrons. The van der Waals surface area contributed by atoms with Crippen molar-refractivity contribution in [1.82, 2.24) is 0 Å². The molecule has 66 valence electrons. The van der Waals surface area contributed by atoms with Gasteiger partial charge < -0.3 is 4.74 Å². The lowest BCUT2D eigenvalue weighted by Crippen LogP contribution is -2.26. The first kappa shape index (κ1) is 7.77. The van der Waals surface area contributed by atoms with Crippen LogP contribution in [0.4, 0.5) is 0 Å². The Morgan fingerprint density at radius 1 is 1.50 bits per heavy atom. The molecule has 0 heterocycles. The van der Waals surface area contributed by atoms with Gasteiger partial charge in [-0.3, -0.25) is 9.59 Å². The van der Waals surface area contributed by atoms with Crippen LogP contribution in [0.3, 0.4) is 0 Å². The third kappa shape index (κ3) is 1.13. The summed E-state index contributed by atoms with van der Waals surface area (Å²) in [5.74, 6) is 0.661. The van der Waals surface area contributed by atoms with E-state index in [-0.39, 0.29) is 18.0 Å². The molecule has 3 atom stereocenters. The quantitative estimate of drug-likeness (QED) is 0.547. The molecule has 0 aliphatic heterocycles. The first-order valence-corrected chi connectivity index (χ1v) is 4.36. The first-order valence-electron chi connectivity index (χ1n) is 4.36. The van der Waals surface area contributed by atoms with Gasteiger partial charge in [-0.15, -0.1) is 0 Å². The van der Waals surface area contributed by atoms with E-state index >= 15 is 0 Å². The van der Waals surface area contributed by atoms with Gasteiger partial charge in [-0.1, -0.05) is 0 Å². The Kier molecular flexibility index (Phi) is 1.67. The number of ether oxygens (including phenoxy) is 1. The zero-order chi connectivity index (χ0) is 8.72. The van der Waals surface area contributed by atoms with Gasteiger partial charge in [-0.2, -0.15) is 0 Å². The molecule has 2 saturated carbocycles. The van der Waals surface area contributed by atoms with Gasteiger partial charge in [0.25, 0.3) is 0 Å². The zero-order valence-electron chi connectivity index (χ0n) is 7.08. The molecule has 3 heteroatoms. The Bertz CT molecular complexity index is 234. The van der Waals surface area contributed by atoms with E-state index in [1.807, 2.05) is 0 Å². The molecule has 0 amide bonds. The fourth-order valence-electron chi connectivity index (χ4n) is 2.35. The average Bonchev–Trinajstić information content (AvgIpc) is 2.44. The van der Waals surface area contributed by atoms with Crippen LogP contribution in [0, 0.1) is 11.8 Å². The summed E-state index contributed by atoms with van der Waals surface area (Å²) in [7, 11) is 0. The van der Waals surface area contributed by atoms with E-state index in [0.717, 1.165) is 12.8 Å². The lowest BCUT2D eigenvalue weighted by Gasteiger charge is -2.20. The predicted molar refractivity (Wildman–Crippen MR) is 41.4 cm³/mol. The molecular formula is C9H12O3. The number of esters is 1. The topological polar surface area (TPSA) is 43.4 Å². The molecule has 0 aromatic rings. The molecule has 2 aliphatic carbocycles. The summed E-state index contributed by atoms with van der Waals surface area (Å²) in [6.45, 7) is 1.42. The Morgan fingerprint density at radius 3 is 2.67 bits per heavy atom. The second-order valence-corrected chi connectivity index (χ2v) is 3.75. The molecule has 2 bridgehead atoms. The highest BCUT2D eigenvalue weighted by molar-refractivity contribution is 5.84. The number of fused-ring (bicyclic) bond motifs is 2. The second kappa shape index (κ2) is 2.57. The second-order valence-electron chi connectivity index (χ2n) is 3.75. The Morgan fingerprint density at radius 2 is 2.25 bits per heavy atom. The molecule has 0 saturated heterocycles. The first-order chi connectivity index (χ1) is 5.66. The number of hydrogen-bond acceptors (Lipinski definition) is 3. The van der Waals surface area contributed by atoms with Crippen LogP contribution in [0.25, 0.3) is 0 Å². The summed E-state index contributed by atoms with van der Waals surface area (Å²) in [6, 6.07) is 0. The molecule has 2 aliphatic rings. The van der Waals surface area contributed by atoms with Gasteiger partial charge in [0, 0.05) is 25.2 Å². The summed E-state index contributed by atoms with van der Waals surface area (Å²) in [6.07, 6.45) is 2.37. The number of rotatable bonds is 1. The van der Waals surface area contributed by atoms with Gasteiger partial charge in [0.15, 0.2) is 0 Å². The summed E-state index contributed by atoms with van der Waals surface area (Å²) in [5.41, 5.74) is 0. The summed E-state index contributed by atoms with van der Waals surface area (Å²) >= 11 is 0. The van der Waals surface area contributed by atoms with Crippen molar-refractivity contribution >= 4 is 11.8 Å². The predicted octanol–water partition coefficient (Wildman–Crippen LogP) is 0.917. The molecule has 2 rings (SSSR count). The van der Waals surface area contributed by atoms with E-state index in [4.69, 9.17) is 4.74 Å². The fraction of sp³-hybridized carbons (Fsp3) is 0.778. The maximum Gasteiger partial charge on any atom is 0.302 e. The molecule has 0 aromatic carbocycles. The Labute approximate surface area is 71.1 Å². The van der Waals surface area contributed by atoms with Crippen LogP contribution in [0.1, 0.15) is 26.2 Å². The largest absolute Gasteiger partial charge is 0.462 e. The van der Waals surface area contributed by atoms with Crippen molar-refractivity contribution < 1.29 is 14.3 Å². The minimum Gasteiger partial charge on any atom is -0.462 e. The molecule has 3 unspecified atom stereocenters. The summed E-state index contributed by atoms with van der Waals surface area (Å²) in [5, 5.41) is 0. The summed E-state index contributed by atoms with van der Waals surface area (Å²) in [4.78, 5) is 21.8. The van der Waals surface area contributed by atoms with Gasteiger partial charge in [0.05, 0.1) is 0 Å². The highest BCUT2D eigenvalue weighted by atomic mass is 16.5. The van der Waals surface area contributed by atoms with Crippen molar-refractivity contribution in [3.63, 3.8) is 0 Å². The minimum atomic E-state index is -0.222. The monoisotopic (exact) mass is 168 g/mol. The number of ketones is 1. The lowest BCUT2D eigenvalue weighted by molar-refractivity contribution is -0.150. The SMILES string of the molecule is CC(=O)OC1CC2CC1CC2=O. The van der Waals surface area contributed by atoms with E-state index in [9.17, 15) is 9.59 Å². The van der Waals surface area contributed by atoms with Gasteiger partial charge in [0.2, 0.25) is 0 Å². The van der Waals surface area contributed by atoms with Crippen LogP contribution in [-0.2, 0) is 14.3 Å².